The van der Waals surface area contributed by atoms with Gasteiger partial charge in [-0.2, -0.15) is 0 Å². The first-order valence-electron chi connectivity index (χ1n) is 7.42. The highest BCUT2D eigenvalue weighted by molar-refractivity contribution is 7.11. The molecule has 2 unspecified atom stereocenters. The summed E-state index contributed by atoms with van der Waals surface area (Å²) in [5, 5.41) is 4.90. The molecule has 0 bridgehead atoms. The smallest absolute Gasteiger partial charge is 0.109 e. The highest BCUT2D eigenvalue weighted by atomic mass is 32.1. The summed E-state index contributed by atoms with van der Waals surface area (Å²) >= 11 is 1.82. The van der Waals surface area contributed by atoms with Gasteiger partial charge in [0.15, 0.2) is 0 Å². The van der Waals surface area contributed by atoms with Gasteiger partial charge in [-0.25, -0.2) is 4.98 Å². The van der Waals surface area contributed by atoms with Crippen molar-refractivity contribution >= 4 is 11.3 Å². The Morgan fingerprint density at radius 3 is 3.15 bits per heavy atom. The van der Waals surface area contributed by atoms with Crippen LogP contribution in [0.3, 0.4) is 0 Å². The second kappa shape index (κ2) is 6.02. The SMILES string of the molecule is CCc1cnc(C(C)NC2CCCc3cccnc32)s1. The fraction of sp³-hybridized carbons (Fsp3) is 0.500. The Bertz CT molecular complexity index is 579. The van der Waals surface area contributed by atoms with Crippen molar-refractivity contribution in [3.63, 3.8) is 0 Å². The maximum Gasteiger partial charge on any atom is 0.109 e. The van der Waals surface area contributed by atoms with Gasteiger partial charge < -0.3 is 0 Å². The van der Waals surface area contributed by atoms with Gasteiger partial charge in [0.1, 0.15) is 5.01 Å². The summed E-state index contributed by atoms with van der Waals surface area (Å²) in [5.74, 6) is 0. The predicted octanol–water partition coefficient (Wildman–Crippen LogP) is 3.83. The van der Waals surface area contributed by atoms with E-state index in [1.165, 1.54) is 34.0 Å². The standard InChI is InChI=1S/C16H21N3S/c1-3-13-10-18-16(20-13)11(2)19-14-8-4-6-12-7-5-9-17-15(12)14/h5,7,9-11,14,19H,3-4,6,8H2,1-2H3. The van der Waals surface area contributed by atoms with E-state index in [0.29, 0.717) is 12.1 Å². The first-order chi connectivity index (χ1) is 9.78. The van der Waals surface area contributed by atoms with E-state index in [0.717, 1.165) is 12.8 Å². The van der Waals surface area contributed by atoms with Crippen LogP contribution in [0.5, 0.6) is 0 Å². The van der Waals surface area contributed by atoms with Crippen LogP contribution in [0, 0.1) is 0 Å². The fourth-order valence-corrected chi connectivity index (χ4v) is 3.70. The molecule has 3 nitrogen and oxygen atoms in total. The van der Waals surface area contributed by atoms with Crippen LogP contribution in [0.2, 0.25) is 0 Å². The minimum absolute atomic E-state index is 0.290. The Morgan fingerprint density at radius 2 is 2.35 bits per heavy atom. The van der Waals surface area contributed by atoms with Crippen LogP contribution in [0.25, 0.3) is 0 Å². The second-order valence-corrected chi connectivity index (χ2v) is 6.55. The van der Waals surface area contributed by atoms with Crippen molar-refractivity contribution in [1.29, 1.82) is 0 Å². The predicted molar refractivity (Wildman–Crippen MR) is 83.0 cm³/mol. The Morgan fingerprint density at radius 1 is 1.45 bits per heavy atom. The number of thiazole rings is 1. The Balaban J connectivity index is 1.75. The molecule has 3 rings (SSSR count). The Labute approximate surface area is 124 Å². The van der Waals surface area contributed by atoms with Crippen molar-refractivity contribution in [3.05, 3.63) is 45.7 Å². The molecule has 1 aliphatic carbocycles. The van der Waals surface area contributed by atoms with Crippen molar-refractivity contribution in [2.24, 2.45) is 0 Å². The molecular weight excluding hydrogens is 266 g/mol. The molecule has 2 atom stereocenters. The molecule has 2 aromatic rings. The summed E-state index contributed by atoms with van der Waals surface area (Å²) < 4.78 is 0. The number of nitrogens with zero attached hydrogens (tertiary/aromatic N) is 2. The van der Waals surface area contributed by atoms with Gasteiger partial charge in [-0.3, -0.25) is 10.3 Å². The summed E-state index contributed by atoms with van der Waals surface area (Å²) in [6.07, 6.45) is 8.54. The molecule has 0 saturated carbocycles. The zero-order valence-corrected chi connectivity index (χ0v) is 12.9. The van der Waals surface area contributed by atoms with Crippen molar-refractivity contribution in [2.45, 2.75) is 51.6 Å². The summed E-state index contributed by atoms with van der Waals surface area (Å²) in [6, 6.07) is 4.90. The number of pyridine rings is 1. The van der Waals surface area contributed by atoms with Crippen molar-refractivity contribution in [2.75, 3.05) is 0 Å². The van der Waals surface area contributed by atoms with Gasteiger partial charge >= 0.3 is 0 Å². The third-order valence-corrected chi connectivity index (χ3v) is 5.26. The van der Waals surface area contributed by atoms with E-state index >= 15 is 0 Å². The van der Waals surface area contributed by atoms with E-state index in [-0.39, 0.29) is 0 Å². The van der Waals surface area contributed by atoms with Gasteiger partial charge in [0, 0.05) is 17.3 Å². The normalized spacial score (nSPS) is 19.6. The summed E-state index contributed by atoms with van der Waals surface area (Å²) in [7, 11) is 0. The van der Waals surface area contributed by atoms with Crippen LogP contribution in [0.1, 0.15) is 59.9 Å². The first kappa shape index (κ1) is 13.7. The van der Waals surface area contributed by atoms with E-state index in [1.54, 1.807) is 0 Å². The highest BCUT2D eigenvalue weighted by Crippen LogP contribution is 2.30. The molecule has 2 heterocycles. The minimum Gasteiger partial charge on any atom is -0.300 e. The van der Waals surface area contributed by atoms with E-state index in [4.69, 9.17) is 0 Å². The molecule has 106 valence electrons. The lowest BCUT2D eigenvalue weighted by molar-refractivity contribution is 0.406. The third-order valence-electron chi connectivity index (χ3n) is 3.94. The molecule has 2 aromatic heterocycles. The maximum absolute atomic E-state index is 4.59. The van der Waals surface area contributed by atoms with Gasteiger partial charge in [-0.05, 0) is 44.2 Å². The third kappa shape index (κ3) is 2.76. The molecule has 0 radical (unpaired) electrons. The zero-order valence-electron chi connectivity index (χ0n) is 12.1. The summed E-state index contributed by atoms with van der Waals surface area (Å²) in [4.78, 5) is 10.5. The van der Waals surface area contributed by atoms with Crippen LogP contribution < -0.4 is 5.32 Å². The summed E-state index contributed by atoms with van der Waals surface area (Å²) in [6.45, 7) is 4.38. The Hall–Kier alpha value is -1.26. The van der Waals surface area contributed by atoms with E-state index < -0.39 is 0 Å². The molecule has 4 heteroatoms. The molecule has 1 aliphatic rings. The first-order valence-corrected chi connectivity index (χ1v) is 8.24. The lowest BCUT2D eigenvalue weighted by Gasteiger charge is -2.27. The highest BCUT2D eigenvalue weighted by Gasteiger charge is 2.23. The van der Waals surface area contributed by atoms with E-state index in [9.17, 15) is 0 Å². The lowest BCUT2D eigenvalue weighted by Crippen LogP contribution is -2.28. The average Bonchev–Trinajstić information content (AvgIpc) is 2.97. The van der Waals surface area contributed by atoms with E-state index in [2.05, 4.69) is 35.2 Å². The number of aromatic nitrogens is 2. The average molecular weight is 287 g/mol. The van der Waals surface area contributed by atoms with Gasteiger partial charge in [0.05, 0.1) is 17.8 Å². The lowest BCUT2D eigenvalue weighted by atomic mass is 9.91. The maximum atomic E-state index is 4.59. The molecule has 0 fully saturated rings. The van der Waals surface area contributed by atoms with Gasteiger partial charge in [-0.15, -0.1) is 11.3 Å². The molecule has 0 amide bonds. The molecule has 0 saturated heterocycles. The molecule has 0 aliphatic heterocycles. The molecule has 20 heavy (non-hydrogen) atoms. The minimum atomic E-state index is 0.290. The number of fused-ring (bicyclic) bond motifs is 1. The zero-order chi connectivity index (χ0) is 13.9. The largest absolute Gasteiger partial charge is 0.300 e. The number of hydrogen-bond acceptors (Lipinski definition) is 4. The van der Waals surface area contributed by atoms with Gasteiger partial charge in [-0.1, -0.05) is 13.0 Å². The Kier molecular flexibility index (Phi) is 4.13. The van der Waals surface area contributed by atoms with Crippen molar-refractivity contribution < 1.29 is 0 Å². The fourth-order valence-electron chi connectivity index (χ4n) is 2.83. The van der Waals surface area contributed by atoms with Gasteiger partial charge in [0.25, 0.3) is 0 Å². The number of hydrogen-bond donors (Lipinski definition) is 1. The van der Waals surface area contributed by atoms with Crippen LogP contribution in [-0.4, -0.2) is 9.97 Å². The van der Waals surface area contributed by atoms with Crippen LogP contribution in [0.15, 0.2) is 24.5 Å². The monoisotopic (exact) mass is 287 g/mol. The summed E-state index contributed by atoms with van der Waals surface area (Å²) in [5.41, 5.74) is 2.63. The molecule has 0 spiro atoms. The number of nitrogens with one attached hydrogen (secondary N) is 1. The molecule has 0 aromatic carbocycles. The van der Waals surface area contributed by atoms with Crippen LogP contribution in [-0.2, 0) is 12.8 Å². The van der Waals surface area contributed by atoms with Gasteiger partial charge in [0.2, 0.25) is 0 Å². The van der Waals surface area contributed by atoms with Crippen molar-refractivity contribution in [3.8, 4) is 0 Å². The molecule has 1 N–H and O–H groups in total. The quantitative estimate of drug-likeness (QED) is 0.928. The van der Waals surface area contributed by atoms with Crippen LogP contribution in [0.4, 0.5) is 0 Å². The number of aryl methyl sites for hydroxylation is 2. The van der Waals surface area contributed by atoms with Crippen molar-refractivity contribution in [1.82, 2.24) is 15.3 Å². The second-order valence-electron chi connectivity index (χ2n) is 5.40. The van der Waals surface area contributed by atoms with E-state index in [1.807, 2.05) is 29.8 Å². The van der Waals surface area contributed by atoms with Crippen LogP contribution >= 0.6 is 11.3 Å². The molecular formula is C16H21N3S. The number of rotatable bonds is 4. The topological polar surface area (TPSA) is 37.8 Å².